The Hall–Kier alpha value is -0.340. The molecular formula is C15H24BrN. The summed E-state index contributed by atoms with van der Waals surface area (Å²) < 4.78 is 1.26. The lowest BCUT2D eigenvalue weighted by Crippen LogP contribution is -2.23. The standard InChI is InChI=1S/C15H24BrN/c1-5-11(3)10-14(17-6-2)13-9-7-8-12(4)15(13)16/h7-9,11,14,17H,5-6,10H2,1-4H3. The van der Waals surface area contributed by atoms with Crippen LogP contribution in [0.25, 0.3) is 0 Å². The zero-order valence-electron chi connectivity index (χ0n) is 11.4. The molecule has 1 rings (SSSR count). The van der Waals surface area contributed by atoms with Crippen LogP contribution in [-0.2, 0) is 0 Å². The van der Waals surface area contributed by atoms with E-state index in [-0.39, 0.29) is 0 Å². The SMILES string of the molecule is CCNC(CC(C)CC)c1cccc(C)c1Br. The monoisotopic (exact) mass is 297 g/mol. The van der Waals surface area contributed by atoms with E-state index in [1.807, 2.05) is 0 Å². The molecule has 0 aliphatic heterocycles. The quantitative estimate of drug-likeness (QED) is 0.792. The Morgan fingerprint density at radius 1 is 1.29 bits per heavy atom. The fraction of sp³-hybridized carbons (Fsp3) is 0.600. The maximum atomic E-state index is 3.72. The van der Waals surface area contributed by atoms with Crippen LogP contribution in [0.15, 0.2) is 22.7 Å². The van der Waals surface area contributed by atoms with Crippen LogP contribution in [0.3, 0.4) is 0 Å². The molecule has 0 radical (unpaired) electrons. The number of rotatable bonds is 6. The van der Waals surface area contributed by atoms with Gasteiger partial charge in [-0.2, -0.15) is 0 Å². The first-order valence-corrected chi connectivity index (χ1v) is 7.37. The normalized spacial score (nSPS) is 14.6. The van der Waals surface area contributed by atoms with Crippen LogP contribution in [0.5, 0.6) is 0 Å². The second-order valence-electron chi connectivity index (χ2n) is 4.84. The van der Waals surface area contributed by atoms with Crippen LogP contribution >= 0.6 is 15.9 Å². The molecule has 17 heavy (non-hydrogen) atoms. The molecule has 0 bridgehead atoms. The third-order valence-corrected chi connectivity index (χ3v) is 4.47. The molecule has 0 saturated heterocycles. The molecular weight excluding hydrogens is 274 g/mol. The highest BCUT2D eigenvalue weighted by Gasteiger charge is 2.16. The summed E-state index contributed by atoms with van der Waals surface area (Å²) >= 11 is 3.72. The van der Waals surface area contributed by atoms with Gasteiger partial charge in [-0.15, -0.1) is 0 Å². The number of nitrogens with one attached hydrogen (secondary N) is 1. The fourth-order valence-electron chi connectivity index (χ4n) is 2.07. The van der Waals surface area contributed by atoms with E-state index < -0.39 is 0 Å². The third kappa shape index (κ3) is 4.11. The molecule has 96 valence electrons. The van der Waals surface area contributed by atoms with Gasteiger partial charge in [0, 0.05) is 10.5 Å². The van der Waals surface area contributed by atoms with E-state index in [1.54, 1.807) is 0 Å². The van der Waals surface area contributed by atoms with Crippen molar-refractivity contribution in [3.63, 3.8) is 0 Å². The Morgan fingerprint density at radius 2 is 2.00 bits per heavy atom. The molecule has 1 nitrogen and oxygen atoms in total. The Kier molecular flexibility index (Phi) is 6.21. The van der Waals surface area contributed by atoms with Crippen molar-refractivity contribution < 1.29 is 0 Å². The van der Waals surface area contributed by atoms with Gasteiger partial charge in [0.2, 0.25) is 0 Å². The van der Waals surface area contributed by atoms with Crippen LogP contribution < -0.4 is 5.32 Å². The van der Waals surface area contributed by atoms with Gasteiger partial charge in [0.25, 0.3) is 0 Å². The molecule has 0 saturated carbocycles. The summed E-state index contributed by atoms with van der Waals surface area (Å²) in [7, 11) is 0. The summed E-state index contributed by atoms with van der Waals surface area (Å²) in [5.74, 6) is 0.756. The second kappa shape index (κ2) is 7.17. The van der Waals surface area contributed by atoms with Crippen molar-refractivity contribution in [3.8, 4) is 0 Å². The first-order valence-electron chi connectivity index (χ1n) is 6.58. The predicted octanol–water partition coefficient (Wildman–Crippen LogP) is 4.84. The van der Waals surface area contributed by atoms with Crippen molar-refractivity contribution >= 4 is 15.9 Å². The van der Waals surface area contributed by atoms with Crippen LogP contribution in [0.2, 0.25) is 0 Å². The van der Waals surface area contributed by atoms with Gasteiger partial charge >= 0.3 is 0 Å². The zero-order chi connectivity index (χ0) is 12.8. The average Bonchev–Trinajstić information content (AvgIpc) is 2.32. The van der Waals surface area contributed by atoms with Crippen molar-refractivity contribution in [2.24, 2.45) is 5.92 Å². The summed E-state index contributed by atoms with van der Waals surface area (Å²) in [5.41, 5.74) is 2.71. The second-order valence-corrected chi connectivity index (χ2v) is 5.63. The molecule has 1 aromatic rings. The Morgan fingerprint density at radius 3 is 2.59 bits per heavy atom. The maximum absolute atomic E-state index is 3.72. The van der Waals surface area contributed by atoms with Crippen molar-refractivity contribution in [1.29, 1.82) is 0 Å². The van der Waals surface area contributed by atoms with Gasteiger partial charge < -0.3 is 5.32 Å². The number of aryl methyl sites for hydroxylation is 1. The van der Waals surface area contributed by atoms with E-state index in [0.29, 0.717) is 6.04 Å². The van der Waals surface area contributed by atoms with Gasteiger partial charge in [0.05, 0.1) is 0 Å². The van der Waals surface area contributed by atoms with Crippen LogP contribution in [0.1, 0.15) is 50.8 Å². The van der Waals surface area contributed by atoms with E-state index in [4.69, 9.17) is 0 Å². The third-order valence-electron chi connectivity index (χ3n) is 3.38. The molecule has 2 unspecified atom stereocenters. The van der Waals surface area contributed by atoms with Crippen molar-refractivity contribution in [2.45, 2.75) is 46.6 Å². The molecule has 0 fully saturated rings. The summed E-state index contributed by atoms with van der Waals surface area (Å²) in [4.78, 5) is 0. The van der Waals surface area contributed by atoms with E-state index in [2.05, 4.69) is 67.1 Å². The van der Waals surface area contributed by atoms with Gasteiger partial charge in [-0.25, -0.2) is 0 Å². The Labute approximate surface area is 114 Å². The topological polar surface area (TPSA) is 12.0 Å². The van der Waals surface area contributed by atoms with Crippen LogP contribution in [0, 0.1) is 12.8 Å². The van der Waals surface area contributed by atoms with Gasteiger partial charge in [-0.3, -0.25) is 0 Å². The molecule has 0 spiro atoms. The van der Waals surface area contributed by atoms with E-state index in [1.165, 1.54) is 28.4 Å². The van der Waals surface area contributed by atoms with Crippen LogP contribution in [0.4, 0.5) is 0 Å². The van der Waals surface area contributed by atoms with Gasteiger partial charge in [0.15, 0.2) is 0 Å². The van der Waals surface area contributed by atoms with Crippen molar-refractivity contribution in [1.82, 2.24) is 5.32 Å². The molecule has 0 heterocycles. The highest BCUT2D eigenvalue weighted by atomic mass is 79.9. The lowest BCUT2D eigenvalue weighted by atomic mass is 9.93. The van der Waals surface area contributed by atoms with Crippen LogP contribution in [-0.4, -0.2) is 6.54 Å². The largest absolute Gasteiger partial charge is 0.310 e. The van der Waals surface area contributed by atoms with Crippen molar-refractivity contribution in [2.75, 3.05) is 6.54 Å². The summed E-state index contributed by atoms with van der Waals surface area (Å²) in [6, 6.07) is 6.99. The van der Waals surface area contributed by atoms with Crippen molar-refractivity contribution in [3.05, 3.63) is 33.8 Å². The molecule has 0 aliphatic rings. The zero-order valence-corrected chi connectivity index (χ0v) is 13.0. The van der Waals surface area contributed by atoms with E-state index in [0.717, 1.165) is 12.5 Å². The highest BCUT2D eigenvalue weighted by molar-refractivity contribution is 9.10. The average molecular weight is 298 g/mol. The minimum absolute atomic E-state index is 0.462. The van der Waals surface area contributed by atoms with Gasteiger partial charge in [-0.05, 0) is 36.9 Å². The summed E-state index contributed by atoms with van der Waals surface area (Å²) in [6.07, 6.45) is 2.44. The first kappa shape index (κ1) is 14.7. The summed E-state index contributed by atoms with van der Waals surface area (Å²) in [5, 5.41) is 3.60. The predicted molar refractivity (Wildman–Crippen MR) is 79.4 cm³/mol. The molecule has 0 amide bonds. The Bertz CT molecular complexity index is 349. The number of halogens is 1. The maximum Gasteiger partial charge on any atom is 0.0333 e. The lowest BCUT2D eigenvalue weighted by molar-refractivity contribution is 0.407. The molecule has 1 N–H and O–H groups in total. The molecule has 0 aromatic heterocycles. The van der Waals surface area contributed by atoms with E-state index >= 15 is 0 Å². The smallest absolute Gasteiger partial charge is 0.0333 e. The highest BCUT2D eigenvalue weighted by Crippen LogP contribution is 2.30. The first-order chi connectivity index (χ1) is 8.10. The molecule has 2 atom stereocenters. The van der Waals surface area contributed by atoms with Gasteiger partial charge in [0.1, 0.15) is 0 Å². The molecule has 1 aromatic carbocycles. The Balaban J connectivity index is 2.92. The molecule has 2 heteroatoms. The number of hydrogen-bond donors (Lipinski definition) is 1. The fourth-order valence-corrected chi connectivity index (χ4v) is 2.62. The lowest BCUT2D eigenvalue weighted by Gasteiger charge is -2.23. The minimum atomic E-state index is 0.462. The summed E-state index contributed by atoms with van der Waals surface area (Å²) in [6.45, 7) is 9.93. The van der Waals surface area contributed by atoms with Gasteiger partial charge in [-0.1, -0.05) is 61.3 Å². The minimum Gasteiger partial charge on any atom is -0.310 e. The number of hydrogen-bond acceptors (Lipinski definition) is 1. The number of benzene rings is 1. The van der Waals surface area contributed by atoms with E-state index in [9.17, 15) is 0 Å². The molecule has 0 aliphatic carbocycles.